The van der Waals surface area contributed by atoms with E-state index >= 15 is 0 Å². The van der Waals surface area contributed by atoms with Crippen molar-refractivity contribution >= 4 is 37.4 Å². The fourth-order valence-corrected chi connectivity index (χ4v) is 5.71. The van der Waals surface area contributed by atoms with Crippen LogP contribution in [0.5, 0.6) is 0 Å². The number of fused-ring (bicyclic) bond motifs is 1. The minimum absolute atomic E-state index is 0.116. The molecule has 1 saturated heterocycles. The van der Waals surface area contributed by atoms with E-state index in [-0.39, 0.29) is 6.04 Å². The van der Waals surface area contributed by atoms with Crippen LogP contribution in [-0.4, -0.2) is 62.8 Å². The molecule has 0 spiro atoms. The predicted molar refractivity (Wildman–Crippen MR) is 123 cm³/mol. The number of aromatic nitrogens is 2. The minimum Gasteiger partial charge on any atom is -0.354 e. The Balaban J connectivity index is 1.80. The van der Waals surface area contributed by atoms with Crippen LogP contribution in [0.25, 0.3) is 21.3 Å². The van der Waals surface area contributed by atoms with E-state index in [1.165, 1.54) is 6.26 Å². The van der Waals surface area contributed by atoms with Gasteiger partial charge in [0.15, 0.2) is 0 Å². The van der Waals surface area contributed by atoms with E-state index in [4.69, 9.17) is 9.97 Å². The van der Waals surface area contributed by atoms with Gasteiger partial charge in [0.2, 0.25) is 10.0 Å². The Bertz CT molecular complexity index is 1130. The van der Waals surface area contributed by atoms with Gasteiger partial charge in [-0.25, -0.2) is 23.1 Å². The number of nitrogens with one attached hydrogen (secondary N) is 1. The lowest BCUT2D eigenvalue weighted by Gasteiger charge is -2.34. The lowest BCUT2D eigenvalue weighted by molar-refractivity contribution is 0.390. The summed E-state index contributed by atoms with van der Waals surface area (Å²) in [6.45, 7) is 2.10. The second kappa shape index (κ2) is 8.58. The molecule has 4 rings (SSSR count). The molecule has 1 atom stereocenters. The summed E-state index contributed by atoms with van der Waals surface area (Å²) in [7, 11) is 0.758. The van der Waals surface area contributed by atoms with E-state index in [9.17, 15) is 8.42 Å². The highest BCUT2D eigenvalue weighted by Crippen LogP contribution is 2.39. The van der Waals surface area contributed by atoms with Crippen molar-refractivity contribution < 1.29 is 8.42 Å². The van der Waals surface area contributed by atoms with Gasteiger partial charge in [0, 0.05) is 30.1 Å². The largest absolute Gasteiger partial charge is 0.354 e. The maximum atomic E-state index is 11.8. The van der Waals surface area contributed by atoms with E-state index in [1.54, 1.807) is 11.3 Å². The van der Waals surface area contributed by atoms with Gasteiger partial charge < -0.3 is 9.80 Å². The van der Waals surface area contributed by atoms with Crippen molar-refractivity contribution in [1.82, 2.24) is 19.6 Å². The Kier molecular flexibility index (Phi) is 6.06. The van der Waals surface area contributed by atoms with E-state index in [0.717, 1.165) is 52.4 Å². The number of anilines is 1. The maximum absolute atomic E-state index is 11.8. The second-order valence-corrected chi connectivity index (χ2v) is 10.7. The molecule has 1 N–H and O–H groups in total. The molecular weight excluding hydrogens is 418 g/mol. The zero-order valence-corrected chi connectivity index (χ0v) is 19.1. The maximum Gasteiger partial charge on any atom is 0.209 e. The highest BCUT2D eigenvalue weighted by Gasteiger charge is 2.26. The molecule has 0 saturated carbocycles. The van der Waals surface area contributed by atoms with Crippen LogP contribution < -0.4 is 9.62 Å². The van der Waals surface area contributed by atoms with Crippen molar-refractivity contribution in [3.8, 4) is 11.1 Å². The SMILES string of the molecule is CN(C)Cc1nc(N2CCCC(NS(C)(=O)=O)C2)c2c(-c3ccccc3)csc2n1. The van der Waals surface area contributed by atoms with Crippen LogP contribution >= 0.6 is 11.3 Å². The minimum atomic E-state index is -3.25. The molecule has 3 heterocycles. The standard InChI is InChI=1S/C21H27N5O2S2/c1-25(2)13-18-22-20(26-11-7-10-16(12-26)24-30(3,27)28)19-17(14-29-21(19)23-18)15-8-5-4-6-9-15/h4-6,8-9,14,16,24H,7,10-13H2,1-3H3. The number of hydrogen-bond donors (Lipinski definition) is 1. The third-order valence-corrected chi connectivity index (χ3v) is 6.74. The Morgan fingerprint density at radius 3 is 2.70 bits per heavy atom. The van der Waals surface area contributed by atoms with E-state index < -0.39 is 10.0 Å². The summed E-state index contributed by atoms with van der Waals surface area (Å²) in [5.41, 5.74) is 2.26. The highest BCUT2D eigenvalue weighted by atomic mass is 32.2. The molecule has 1 aliphatic rings. The lowest BCUT2D eigenvalue weighted by atomic mass is 10.0. The van der Waals surface area contributed by atoms with Crippen LogP contribution in [0.3, 0.4) is 0 Å². The average Bonchev–Trinajstić information content (AvgIpc) is 3.10. The fourth-order valence-electron chi connectivity index (χ4n) is 3.95. The van der Waals surface area contributed by atoms with Crippen molar-refractivity contribution in [2.75, 3.05) is 38.3 Å². The zero-order chi connectivity index (χ0) is 21.3. The first kappa shape index (κ1) is 21.2. The van der Waals surface area contributed by atoms with Crippen LogP contribution in [0.15, 0.2) is 35.7 Å². The van der Waals surface area contributed by atoms with E-state index in [2.05, 4.69) is 32.0 Å². The van der Waals surface area contributed by atoms with Crippen molar-refractivity contribution in [3.05, 3.63) is 41.5 Å². The van der Waals surface area contributed by atoms with Gasteiger partial charge in [-0.15, -0.1) is 11.3 Å². The number of piperidine rings is 1. The molecule has 1 aliphatic heterocycles. The summed E-state index contributed by atoms with van der Waals surface area (Å²) in [6, 6.07) is 10.2. The third-order valence-electron chi connectivity index (χ3n) is 5.10. The number of thiophene rings is 1. The molecule has 0 radical (unpaired) electrons. The first-order valence-corrected chi connectivity index (χ1v) is 12.8. The average molecular weight is 446 g/mol. The molecular formula is C21H27N5O2S2. The summed E-state index contributed by atoms with van der Waals surface area (Å²) in [6.07, 6.45) is 2.96. The number of rotatable bonds is 6. The molecule has 0 aliphatic carbocycles. The normalized spacial score (nSPS) is 17.7. The van der Waals surface area contributed by atoms with Crippen molar-refractivity contribution in [1.29, 1.82) is 0 Å². The molecule has 1 fully saturated rings. The first-order valence-electron chi connectivity index (χ1n) is 10.0. The summed E-state index contributed by atoms with van der Waals surface area (Å²) in [5, 5.41) is 3.20. The van der Waals surface area contributed by atoms with Gasteiger partial charge in [0.1, 0.15) is 16.5 Å². The predicted octanol–water partition coefficient (Wildman–Crippen LogP) is 2.94. The zero-order valence-electron chi connectivity index (χ0n) is 17.5. The van der Waals surface area contributed by atoms with Crippen LogP contribution in [0.4, 0.5) is 5.82 Å². The summed E-state index contributed by atoms with van der Waals surface area (Å²) in [4.78, 5) is 15.0. The molecule has 0 amide bonds. The van der Waals surface area contributed by atoms with Crippen molar-refractivity contribution in [2.45, 2.75) is 25.4 Å². The summed E-state index contributed by atoms with van der Waals surface area (Å²) < 4.78 is 26.3. The van der Waals surface area contributed by atoms with Gasteiger partial charge in [-0.05, 0) is 32.5 Å². The number of sulfonamides is 1. The molecule has 30 heavy (non-hydrogen) atoms. The van der Waals surface area contributed by atoms with Crippen molar-refractivity contribution in [3.63, 3.8) is 0 Å². The number of nitrogens with zero attached hydrogens (tertiary/aromatic N) is 4. The fraction of sp³-hybridized carbons (Fsp3) is 0.429. The quantitative estimate of drug-likeness (QED) is 0.629. The van der Waals surface area contributed by atoms with Gasteiger partial charge in [0.25, 0.3) is 0 Å². The van der Waals surface area contributed by atoms with Gasteiger partial charge in [-0.3, -0.25) is 0 Å². The monoisotopic (exact) mass is 445 g/mol. The molecule has 160 valence electrons. The third kappa shape index (κ3) is 4.80. The number of hydrogen-bond acceptors (Lipinski definition) is 7. The smallest absolute Gasteiger partial charge is 0.209 e. The molecule has 9 heteroatoms. The molecule has 3 aromatic rings. The van der Waals surface area contributed by atoms with Gasteiger partial charge >= 0.3 is 0 Å². The Morgan fingerprint density at radius 1 is 1.23 bits per heavy atom. The Labute approximate surface area is 181 Å². The van der Waals surface area contributed by atoms with Gasteiger partial charge in [-0.2, -0.15) is 0 Å². The second-order valence-electron chi connectivity index (χ2n) is 8.07. The number of benzene rings is 1. The van der Waals surface area contributed by atoms with Crippen LogP contribution in [0.2, 0.25) is 0 Å². The van der Waals surface area contributed by atoms with Gasteiger partial charge in [-0.1, -0.05) is 30.3 Å². The van der Waals surface area contributed by atoms with Crippen molar-refractivity contribution in [2.24, 2.45) is 0 Å². The van der Waals surface area contributed by atoms with Crippen LogP contribution in [0, 0.1) is 0 Å². The molecule has 1 aromatic carbocycles. The van der Waals surface area contributed by atoms with E-state index in [0.29, 0.717) is 13.1 Å². The van der Waals surface area contributed by atoms with Crippen LogP contribution in [0.1, 0.15) is 18.7 Å². The van der Waals surface area contributed by atoms with Crippen LogP contribution in [-0.2, 0) is 16.6 Å². The first-order chi connectivity index (χ1) is 14.3. The Morgan fingerprint density at radius 2 is 2.00 bits per heavy atom. The molecule has 0 bridgehead atoms. The van der Waals surface area contributed by atoms with Gasteiger partial charge in [0.05, 0.1) is 18.2 Å². The van der Waals surface area contributed by atoms with E-state index in [1.807, 2.05) is 32.3 Å². The topological polar surface area (TPSA) is 78.4 Å². The molecule has 2 aromatic heterocycles. The summed E-state index contributed by atoms with van der Waals surface area (Å²) in [5.74, 6) is 1.68. The summed E-state index contributed by atoms with van der Waals surface area (Å²) >= 11 is 1.63. The molecule has 7 nitrogen and oxygen atoms in total. The highest BCUT2D eigenvalue weighted by molar-refractivity contribution is 7.88. The Hall–Kier alpha value is -2.07. The molecule has 1 unspecified atom stereocenters. The lowest BCUT2D eigenvalue weighted by Crippen LogP contribution is -2.47.